The molecule has 0 bridgehead atoms. The van der Waals surface area contributed by atoms with Crippen molar-refractivity contribution in [2.24, 2.45) is 16.8 Å². The van der Waals surface area contributed by atoms with Crippen molar-refractivity contribution in [3.8, 4) is 0 Å². The quantitative estimate of drug-likeness (QED) is 0.653. The molecule has 1 aliphatic heterocycles. The number of aliphatic imine (C=N–C) groups is 1. The van der Waals surface area contributed by atoms with Gasteiger partial charge in [0.15, 0.2) is 0 Å². The number of hydrogen-bond acceptors (Lipinski definition) is 2. The molecule has 0 aromatic rings. The topological polar surface area (TPSA) is 12.4 Å². The molecule has 1 nitrogen and oxygen atoms in total. The van der Waals surface area contributed by atoms with Gasteiger partial charge in [-0.2, -0.15) is 12.6 Å². The van der Waals surface area contributed by atoms with Crippen molar-refractivity contribution in [1.29, 1.82) is 0 Å². The number of rotatable bonds is 2. The molecule has 0 aromatic carbocycles. The van der Waals surface area contributed by atoms with Crippen LogP contribution >= 0.6 is 12.6 Å². The zero-order valence-electron chi connectivity index (χ0n) is 8.21. The third-order valence-electron chi connectivity index (χ3n) is 3.56. The maximum absolute atomic E-state index is 4.55. The lowest BCUT2D eigenvalue weighted by molar-refractivity contribution is 0.298. The number of nitrogens with zero attached hydrogens (tertiary/aromatic N) is 1. The number of thiol groups is 1. The van der Waals surface area contributed by atoms with E-state index >= 15 is 0 Å². The Balaban J connectivity index is 1.95. The van der Waals surface area contributed by atoms with Crippen molar-refractivity contribution in [2.75, 3.05) is 12.3 Å². The van der Waals surface area contributed by atoms with E-state index in [-0.39, 0.29) is 0 Å². The van der Waals surface area contributed by atoms with Crippen LogP contribution in [-0.4, -0.2) is 18.0 Å². The minimum atomic E-state index is 0.804. The second-order valence-electron chi connectivity index (χ2n) is 4.32. The van der Waals surface area contributed by atoms with Crippen molar-refractivity contribution in [1.82, 2.24) is 0 Å². The van der Waals surface area contributed by atoms with Gasteiger partial charge in [0, 0.05) is 23.9 Å². The summed E-state index contributed by atoms with van der Waals surface area (Å²) in [7, 11) is 0. The molecule has 0 amide bonds. The van der Waals surface area contributed by atoms with Gasteiger partial charge in [0.2, 0.25) is 0 Å². The molecule has 2 aliphatic rings. The van der Waals surface area contributed by atoms with E-state index in [1.54, 1.807) is 0 Å². The fraction of sp³-hybridized carbons (Fsp3) is 0.909. The van der Waals surface area contributed by atoms with Crippen LogP contribution in [-0.2, 0) is 0 Å². The molecule has 1 unspecified atom stereocenters. The Bertz CT molecular complexity index is 194. The minimum Gasteiger partial charge on any atom is -0.293 e. The van der Waals surface area contributed by atoms with E-state index < -0.39 is 0 Å². The van der Waals surface area contributed by atoms with E-state index in [1.165, 1.54) is 44.2 Å². The van der Waals surface area contributed by atoms with Crippen LogP contribution < -0.4 is 0 Å². The second-order valence-corrected chi connectivity index (χ2v) is 4.64. The maximum atomic E-state index is 4.55. The van der Waals surface area contributed by atoms with Gasteiger partial charge in [-0.05, 0) is 25.2 Å². The Morgan fingerprint density at radius 1 is 1.15 bits per heavy atom. The van der Waals surface area contributed by atoms with Crippen LogP contribution in [0.4, 0.5) is 0 Å². The first-order valence-corrected chi connectivity index (χ1v) is 6.19. The van der Waals surface area contributed by atoms with Crippen molar-refractivity contribution in [3.63, 3.8) is 0 Å². The Kier molecular flexibility index (Phi) is 3.31. The molecule has 1 heterocycles. The van der Waals surface area contributed by atoms with Gasteiger partial charge in [-0.3, -0.25) is 4.99 Å². The summed E-state index contributed by atoms with van der Waals surface area (Å²) in [5.74, 6) is 2.64. The highest BCUT2D eigenvalue weighted by molar-refractivity contribution is 7.81. The van der Waals surface area contributed by atoms with Crippen molar-refractivity contribution in [3.05, 3.63) is 0 Å². The lowest BCUT2D eigenvalue weighted by atomic mass is 9.77. The fourth-order valence-corrected chi connectivity index (χ4v) is 3.18. The van der Waals surface area contributed by atoms with Crippen LogP contribution in [0.15, 0.2) is 4.99 Å². The van der Waals surface area contributed by atoms with Crippen LogP contribution in [0, 0.1) is 11.8 Å². The normalized spacial score (nSPS) is 30.5. The van der Waals surface area contributed by atoms with E-state index in [0.717, 1.165) is 24.1 Å². The molecule has 74 valence electrons. The summed E-state index contributed by atoms with van der Waals surface area (Å²) in [4.78, 5) is 4.55. The molecule has 1 fully saturated rings. The first kappa shape index (κ1) is 9.57. The Morgan fingerprint density at radius 2 is 1.92 bits per heavy atom. The second kappa shape index (κ2) is 4.50. The fourth-order valence-electron chi connectivity index (χ4n) is 2.84. The summed E-state index contributed by atoms with van der Waals surface area (Å²) in [5.41, 5.74) is 1.40. The molecule has 1 saturated carbocycles. The predicted octanol–water partition coefficient (Wildman–Crippen LogP) is 2.96. The molecular formula is C11H19NS. The average molecular weight is 197 g/mol. The zero-order valence-corrected chi connectivity index (χ0v) is 9.10. The zero-order chi connectivity index (χ0) is 9.10. The third-order valence-corrected chi connectivity index (χ3v) is 3.89. The van der Waals surface area contributed by atoms with Crippen LogP contribution in [0.5, 0.6) is 0 Å². The molecule has 0 radical (unpaired) electrons. The van der Waals surface area contributed by atoms with E-state index in [0.29, 0.717) is 0 Å². The Morgan fingerprint density at radius 3 is 2.62 bits per heavy atom. The summed E-state index contributed by atoms with van der Waals surface area (Å²) in [5, 5.41) is 0. The summed E-state index contributed by atoms with van der Waals surface area (Å²) in [6.45, 7) is 1.07. The summed E-state index contributed by atoms with van der Waals surface area (Å²) < 4.78 is 0. The van der Waals surface area contributed by atoms with Crippen molar-refractivity contribution < 1.29 is 0 Å². The van der Waals surface area contributed by atoms with Crippen molar-refractivity contribution >= 4 is 18.3 Å². The summed E-state index contributed by atoms with van der Waals surface area (Å²) >= 11 is 4.36. The average Bonchev–Trinajstić information content (AvgIpc) is 2.67. The molecule has 13 heavy (non-hydrogen) atoms. The Labute approximate surface area is 86.4 Å². The van der Waals surface area contributed by atoms with Gasteiger partial charge in [0.1, 0.15) is 0 Å². The molecule has 0 N–H and O–H groups in total. The molecule has 0 saturated heterocycles. The van der Waals surface area contributed by atoms with Gasteiger partial charge in [-0.1, -0.05) is 19.3 Å². The third kappa shape index (κ3) is 2.09. The largest absolute Gasteiger partial charge is 0.293 e. The first-order valence-electron chi connectivity index (χ1n) is 5.56. The molecule has 0 spiro atoms. The van der Waals surface area contributed by atoms with Gasteiger partial charge in [0.05, 0.1) is 0 Å². The molecular weight excluding hydrogens is 178 g/mol. The molecule has 1 atom stereocenters. The molecule has 1 aliphatic carbocycles. The van der Waals surface area contributed by atoms with Gasteiger partial charge in [-0.25, -0.2) is 0 Å². The highest BCUT2D eigenvalue weighted by atomic mass is 32.1. The highest BCUT2D eigenvalue weighted by Crippen LogP contribution is 2.34. The predicted molar refractivity (Wildman–Crippen MR) is 60.8 cm³/mol. The van der Waals surface area contributed by atoms with E-state index in [1.807, 2.05) is 0 Å². The van der Waals surface area contributed by atoms with Crippen LogP contribution in [0.3, 0.4) is 0 Å². The monoisotopic (exact) mass is 197 g/mol. The lowest BCUT2D eigenvalue weighted by Gasteiger charge is -2.27. The first-order chi connectivity index (χ1) is 6.42. The van der Waals surface area contributed by atoms with E-state index in [2.05, 4.69) is 17.6 Å². The van der Waals surface area contributed by atoms with Crippen LogP contribution in [0.1, 0.15) is 38.5 Å². The molecule has 0 aromatic heterocycles. The molecule has 2 rings (SSSR count). The maximum Gasteiger partial charge on any atom is 0.0395 e. The summed E-state index contributed by atoms with van der Waals surface area (Å²) in [6.07, 6.45) is 8.54. The Hall–Kier alpha value is 0.0200. The van der Waals surface area contributed by atoms with Crippen LogP contribution in [0.25, 0.3) is 0 Å². The van der Waals surface area contributed by atoms with E-state index in [9.17, 15) is 0 Å². The van der Waals surface area contributed by atoms with Gasteiger partial charge in [-0.15, -0.1) is 0 Å². The highest BCUT2D eigenvalue weighted by Gasteiger charge is 2.29. The SMILES string of the molecule is SCC1=NCCC1C1CCCCC1. The summed E-state index contributed by atoms with van der Waals surface area (Å²) in [6, 6.07) is 0. The van der Waals surface area contributed by atoms with Gasteiger partial charge >= 0.3 is 0 Å². The number of hydrogen-bond donors (Lipinski definition) is 1. The van der Waals surface area contributed by atoms with E-state index in [4.69, 9.17) is 0 Å². The lowest BCUT2D eigenvalue weighted by Crippen LogP contribution is -2.23. The smallest absolute Gasteiger partial charge is 0.0395 e. The van der Waals surface area contributed by atoms with Crippen LogP contribution in [0.2, 0.25) is 0 Å². The minimum absolute atomic E-state index is 0.804. The van der Waals surface area contributed by atoms with Crippen molar-refractivity contribution in [2.45, 2.75) is 38.5 Å². The van der Waals surface area contributed by atoms with Gasteiger partial charge < -0.3 is 0 Å². The standard InChI is InChI=1S/C11H19NS/c13-8-11-10(6-7-12-11)9-4-2-1-3-5-9/h9-10,13H,1-8H2. The van der Waals surface area contributed by atoms with Gasteiger partial charge in [0.25, 0.3) is 0 Å². The molecule has 2 heteroatoms.